The van der Waals surface area contributed by atoms with Crippen LogP contribution in [0.15, 0.2) is 54.6 Å². The second-order valence-corrected chi connectivity index (χ2v) is 10.3. The van der Waals surface area contributed by atoms with Crippen molar-refractivity contribution in [3.8, 4) is 0 Å². The van der Waals surface area contributed by atoms with Crippen molar-refractivity contribution in [1.82, 2.24) is 0 Å². The van der Waals surface area contributed by atoms with Gasteiger partial charge in [0.1, 0.15) is 0 Å². The minimum Gasteiger partial charge on any atom is -0.478 e. The first-order chi connectivity index (χ1) is 13.6. The SMILES string of the molecule is C=C1CCC(c2ccc(C(=O)O)cc2)C1c1ccc2c(c1)C(C)(C)CCC2(C)C. The molecule has 0 bridgehead atoms. The summed E-state index contributed by atoms with van der Waals surface area (Å²) in [7, 11) is 0. The first-order valence-electron chi connectivity index (χ1n) is 10.8. The lowest BCUT2D eigenvalue weighted by Crippen LogP contribution is -2.34. The molecule has 1 N–H and O–H groups in total. The summed E-state index contributed by atoms with van der Waals surface area (Å²) in [4.78, 5) is 11.2. The lowest BCUT2D eigenvalue weighted by molar-refractivity contribution is 0.0697. The van der Waals surface area contributed by atoms with Crippen molar-refractivity contribution in [3.63, 3.8) is 0 Å². The molecule has 0 amide bonds. The van der Waals surface area contributed by atoms with Crippen molar-refractivity contribution in [1.29, 1.82) is 0 Å². The summed E-state index contributed by atoms with van der Waals surface area (Å²) in [6.07, 6.45) is 4.53. The van der Waals surface area contributed by atoms with Gasteiger partial charge >= 0.3 is 5.97 Å². The minimum atomic E-state index is -0.872. The number of allylic oxidation sites excluding steroid dienone is 1. The summed E-state index contributed by atoms with van der Waals surface area (Å²) in [6, 6.07) is 14.6. The molecular weight excluding hydrogens is 356 g/mol. The number of hydrogen-bond acceptors (Lipinski definition) is 1. The Hall–Kier alpha value is -2.35. The normalized spacial score (nSPS) is 24.9. The number of carboxylic acid groups (broad SMARTS) is 1. The monoisotopic (exact) mass is 388 g/mol. The van der Waals surface area contributed by atoms with Crippen LogP contribution in [-0.4, -0.2) is 11.1 Å². The summed E-state index contributed by atoms with van der Waals surface area (Å²) >= 11 is 0. The highest BCUT2D eigenvalue weighted by Crippen LogP contribution is 2.51. The fraction of sp³-hybridized carbons (Fsp3) is 0.444. The van der Waals surface area contributed by atoms with Gasteiger partial charge in [-0.1, -0.05) is 70.2 Å². The van der Waals surface area contributed by atoms with Crippen LogP contribution >= 0.6 is 0 Å². The van der Waals surface area contributed by atoms with Gasteiger partial charge < -0.3 is 5.11 Å². The second-order valence-electron chi connectivity index (χ2n) is 10.3. The maximum Gasteiger partial charge on any atom is 0.335 e. The molecule has 2 unspecified atom stereocenters. The van der Waals surface area contributed by atoms with E-state index in [0.717, 1.165) is 12.8 Å². The number of carbonyl (C=O) groups is 1. The van der Waals surface area contributed by atoms with Gasteiger partial charge in [0.05, 0.1) is 5.56 Å². The molecule has 0 saturated heterocycles. The smallest absolute Gasteiger partial charge is 0.335 e. The van der Waals surface area contributed by atoms with Crippen LogP contribution in [0.5, 0.6) is 0 Å². The molecule has 0 radical (unpaired) electrons. The number of hydrogen-bond donors (Lipinski definition) is 1. The number of carboxylic acids is 1. The topological polar surface area (TPSA) is 37.3 Å². The van der Waals surface area contributed by atoms with Gasteiger partial charge in [-0.2, -0.15) is 0 Å². The van der Waals surface area contributed by atoms with E-state index in [9.17, 15) is 9.90 Å². The van der Waals surface area contributed by atoms with Crippen molar-refractivity contribution in [2.45, 2.75) is 76.0 Å². The molecule has 2 aromatic carbocycles. The van der Waals surface area contributed by atoms with E-state index in [0.29, 0.717) is 17.4 Å². The Bertz CT molecular complexity index is 963. The summed E-state index contributed by atoms with van der Waals surface area (Å²) in [6.45, 7) is 13.9. The Labute approximate surface area is 174 Å². The Morgan fingerprint density at radius 3 is 2.14 bits per heavy atom. The Kier molecular flexibility index (Phi) is 4.72. The molecule has 2 nitrogen and oxygen atoms in total. The first kappa shape index (κ1) is 19.9. The third-order valence-corrected chi connectivity index (χ3v) is 7.44. The van der Waals surface area contributed by atoms with E-state index in [2.05, 4.69) is 52.5 Å². The molecule has 4 rings (SSSR count). The van der Waals surface area contributed by atoms with E-state index in [-0.39, 0.29) is 10.8 Å². The van der Waals surface area contributed by atoms with Crippen LogP contribution < -0.4 is 0 Å². The molecule has 0 aromatic heterocycles. The fourth-order valence-electron chi connectivity index (χ4n) is 5.45. The van der Waals surface area contributed by atoms with Gasteiger partial charge in [-0.25, -0.2) is 4.79 Å². The zero-order valence-corrected chi connectivity index (χ0v) is 18.1. The van der Waals surface area contributed by atoms with Crippen LogP contribution in [0.2, 0.25) is 0 Å². The number of rotatable bonds is 3. The third kappa shape index (κ3) is 3.43. The van der Waals surface area contributed by atoms with Crippen molar-refractivity contribution in [2.24, 2.45) is 0 Å². The van der Waals surface area contributed by atoms with Gasteiger partial charge in [0.15, 0.2) is 0 Å². The van der Waals surface area contributed by atoms with Crippen molar-refractivity contribution in [3.05, 3.63) is 82.4 Å². The lowest BCUT2D eigenvalue weighted by atomic mass is 9.62. The van der Waals surface area contributed by atoms with Gasteiger partial charge in [-0.05, 0) is 76.8 Å². The Morgan fingerprint density at radius 1 is 0.931 bits per heavy atom. The first-order valence-corrected chi connectivity index (χ1v) is 10.8. The van der Waals surface area contributed by atoms with Gasteiger partial charge in [-0.15, -0.1) is 0 Å². The summed E-state index contributed by atoms with van der Waals surface area (Å²) in [5.74, 6) is -0.205. The molecule has 0 heterocycles. The van der Waals surface area contributed by atoms with Crippen LogP contribution in [0, 0.1) is 0 Å². The van der Waals surface area contributed by atoms with Crippen LogP contribution in [-0.2, 0) is 10.8 Å². The summed E-state index contributed by atoms with van der Waals surface area (Å²) in [5, 5.41) is 9.20. The molecule has 2 aromatic rings. The minimum absolute atomic E-state index is 0.194. The fourth-order valence-corrected chi connectivity index (χ4v) is 5.45. The lowest BCUT2D eigenvalue weighted by Gasteiger charge is -2.42. The average molecular weight is 389 g/mol. The Balaban J connectivity index is 1.74. The summed E-state index contributed by atoms with van der Waals surface area (Å²) < 4.78 is 0. The zero-order chi connectivity index (χ0) is 21.0. The van der Waals surface area contributed by atoms with Crippen molar-refractivity contribution >= 4 is 5.97 Å². The molecule has 2 aliphatic rings. The van der Waals surface area contributed by atoms with Gasteiger partial charge in [0, 0.05) is 5.92 Å². The largest absolute Gasteiger partial charge is 0.478 e. The van der Waals surface area contributed by atoms with Crippen LogP contribution in [0.1, 0.15) is 97.8 Å². The maximum atomic E-state index is 11.2. The van der Waals surface area contributed by atoms with E-state index >= 15 is 0 Å². The third-order valence-electron chi connectivity index (χ3n) is 7.44. The molecule has 0 aliphatic heterocycles. The molecule has 2 aliphatic carbocycles. The molecular formula is C27H32O2. The highest BCUT2D eigenvalue weighted by molar-refractivity contribution is 5.87. The van der Waals surface area contributed by atoms with E-state index < -0.39 is 5.97 Å². The van der Waals surface area contributed by atoms with Gasteiger partial charge in [0.2, 0.25) is 0 Å². The summed E-state index contributed by atoms with van der Waals surface area (Å²) in [5.41, 5.74) is 7.63. The van der Waals surface area contributed by atoms with Crippen LogP contribution in [0.4, 0.5) is 0 Å². The molecule has 0 spiro atoms. The number of fused-ring (bicyclic) bond motifs is 1. The predicted octanol–water partition coefficient (Wildman–Crippen LogP) is 6.95. The van der Waals surface area contributed by atoms with Gasteiger partial charge in [-0.3, -0.25) is 0 Å². The number of aromatic carboxylic acids is 1. The second kappa shape index (κ2) is 6.86. The highest BCUT2D eigenvalue weighted by atomic mass is 16.4. The predicted molar refractivity (Wildman–Crippen MR) is 119 cm³/mol. The van der Waals surface area contributed by atoms with Crippen LogP contribution in [0.25, 0.3) is 0 Å². The van der Waals surface area contributed by atoms with E-state index in [1.807, 2.05) is 12.1 Å². The molecule has 152 valence electrons. The average Bonchev–Trinajstić information content (AvgIpc) is 3.07. The number of benzene rings is 2. The quantitative estimate of drug-likeness (QED) is 0.578. The molecule has 2 heteroatoms. The molecule has 29 heavy (non-hydrogen) atoms. The molecule has 1 fully saturated rings. The van der Waals surface area contributed by atoms with Crippen molar-refractivity contribution < 1.29 is 9.90 Å². The maximum absolute atomic E-state index is 11.2. The van der Waals surface area contributed by atoms with E-state index in [1.54, 1.807) is 12.1 Å². The highest BCUT2D eigenvalue weighted by Gasteiger charge is 2.39. The van der Waals surface area contributed by atoms with Crippen molar-refractivity contribution in [2.75, 3.05) is 0 Å². The zero-order valence-electron chi connectivity index (χ0n) is 18.1. The molecule has 2 atom stereocenters. The van der Waals surface area contributed by atoms with E-state index in [1.165, 1.54) is 40.7 Å². The van der Waals surface area contributed by atoms with Gasteiger partial charge in [0.25, 0.3) is 0 Å². The standard InChI is InChI=1S/C27H32O2/c1-17-6-12-21(18-7-9-19(10-8-18)25(28)29)24(17)20-11-13-22-23(16-20)27(4,5)15-14-26(22,2)3/h7-11,13,16,21,24H,1,6,12,14-15H2,2-5H3,(H,28,29). The Morgan fingerprint density at radius 2 is 1.52 bits per heavy atom. The molecule has 1 saturated carbocycles. The van der Waals surface area contributed by atoms with E-state index in [4.69, 9.17) is 0 Å². The van der Waals surface area contributed by atoms with Crippen LogP contribution in [0.3, 0.4) is 0 Å².